The van der Waals surface area contributed by atoms with Gasteiger partial charge in [0.2, 0.25) is 15.9 Å². The van der Waals surface area contributed by atoms with E-state index < -0.39 is 16.1 Å². The molecule has 1 aliphatic rings. The van der Waals surface area contributed by atoms with Crippen LogP contribution in [-0.4, -0.2) is 42.9 Å². The Morgan fingerprint density at radius 1 is 1.09 bits per heavy atom. The lowest BCUT2D eigenvalue weighted by Crippen LogP contribution is -2.50. The van der Waals surface area contributed by atoms with E-state index in [9.17, 15) is 13.2 Å². The van der Waals surface area contributed by atoms with E-state index in [2.05, 4.69) is 11.6 Å². The van der Waals surface area contributed by atoms with Gasteiger partial charge in [-0.15, -0.1) is 0 Å². The first-order valence-electron chi connectivity index (χ1n) is 11.0. The van der Waals surface area contributed by atoms with Crippen molar-refractivity contribution in [3.05, 3.63) is 60.8 Å². The topological polar surface area (TPSA) is 97.4 Å². The fourth-order valence-corrected chi connectivity index (χ4v) is 5.72. The van der Waals surface area contributed by atoms with Gasteiger partial charge in [0.15, 0.2) is 0 Å². The quantitative estimate of drug-likeness (QED) is 0.573. The highest BCUT2D eigenvalue weighted by Crippen LogP contribution is 2.24. The minimum absolute atomic E-state index is 0.175. The first-order chi connectivity index (χ1) is 15.3. The Morgan fingerprint density at radius 2 is 1.81 bits per heavy atom. The highest BCUT2D eigenvalue weighted by atomic mass is 32.2. The fourth-order valence-electron chi connectivity index (χ4n) is 4.26. The standard InChI is InChI=1S/C24H30N4O3S/c1-18-11-15-28(16-12-18)24(29)21(13-17-27-14-5-10-23(27)25)26-32(30,31)22-9-4-7-19-6-2-3-8-20(19)22/h2-10,14,18,21,26H,11-13,15-17,25H2,1H3. The van der Waals surface area contributed by atoms with E-state index in [4.69, 9.17) is 5.73 Å². The molecule has 2 aromatic carbocycles. The molecular formula is C24H30N4O3S. The Morgan fingerprint density at radius 3 is 2.53 bits per heavy atom. The predicted octanol–water partition coefficient (Wildman–Crippen LogP) is 3.22. The third kappa shape index (κ3) is 4.81. The van der Waals surface area contributed by atoms with Crippen LogP contribution in [0.4, 0.5) is 5.82 Å². The molecule has 1 aliphatic heterocycles. The molecule has 0 spiro atoms. The molecule has 7 nitrogen and oxygen atoms in total. The molecule has 1 amide bonds. The van der Waals surface area contributed by atoms with Crippen LogP contribution in [0.2, 0.25) is 0 Å². The molecule has 0 aliphatic carbocycles. The molecule has 2 heterocycles. The number of hydrogen-bond acceptors (Lipinski definition) is 4. The van der Waals surface area contributed by atoms with Gasteiger partial charge in [-0.1, -0.05) is 43.3 Å². The van der Waals surface area contributed by atoms with Crippen LogP contribution in [0, 0.1) is 5.92 Å². The Balaban J connectivity index is 1.61. The molecule has 1 unspecified atom stereocenters. The summed E-state index contributed by atoms with van der Waals surface area (Å²) in [6.07, 6.45) is 4.00. The second kappa shape index (κ2) is 9.34. The van der Waals surface area contributed by atoms with Crippen LogP contribution in [0.3, 0.4) is 0 Å². The number of sulfonamides is 1. The lowest BCUT2D eigenvalue weighted by Gasteiger charge is -2.33. The summed E-state index contributed by atoms with van der Waals surface area (Å²) in [4.78, 5) is 15.3. The molecule has 1 atom stereocenters. The molecule has 3 aromatic rings. The number of nitrogen functional groups attached to an aromatic ring is 1. The number of benzene rings is 2. The number of anilines is 1. The summed E-state index contributed by atoms with van der Waals surface area (Å²) in [6.45, 7) is 3.92. The number of hydrogen-bond donors (Lipinski definition) is 2. The van der Waals surface area contributed by atoms with Crippen molar-refractivity contribution < 1.29 is 13.2 Å². The lowest BCUT2D eigenvalue weighted by atomic mass is 9.98. The summed E-state index contributed by atoms with van der Waals surface area (Å²) >= 11 is 0. The summed E-state index contributed by atoms with van der Waals surface area (Å²) in [5, 5.41) is 1.47. The highest BCUT2D eigenvalue weighted by Gasteiger charge is 2.31. The monoisotopic (exact) mass is 454 g/mol. The molecule has 0 radical (unpaired) electrons. The van der Waals surface area contributed by atoms with Crippen molar-refractivity contribution in [3.63, 3.8) is 0 Å². The van der Waals surface area contributed by atoms with Gasteiger partial charge in [-0.3, -0.25) is 4.79 Å². The van der Waals surface area contributed by atoms with Crippen molar-refractivity contribution in [2.24, 2.45) is 5.92 Å². The Hall–Kier alpha value is -2.84. The van der Waals surface area contributed by atoms with E-state index in [0.29, 0.717) is 43.2 Å². The van der Waals surface area contributed by atoms with Gasteiger partial charge in [-0.05, 0) is 48.8 Å². The average molecular weight is 455 g/mol. The number of carbonyl (C=O) groups is 1. The lowest BCUT2D eigenvalue weighted by molar-refractivity contribution is -0.134. The maximum atomic E-state index is 13.4. The van der Waals surface area contributed by atoms with Gasteiger partial charge in [0.1, 0.15) is 11.9 Å². The largest absolute Gasteiger partial charge is 0.385 e. The average Bonchev–Trinajstić information content (AvgIpc) is 3.21. The molecule has 0 bridgehead atoms. The van der Waals surface area contributed by atoms with Gasteiger partial charge >= 0.3 is 0 Å². The van der Waals surface area contributed by atoms with Crippen molar-refractivity contribution in [2.45, 2.75) is 43.7 Å². The van der Waals surface area contributed by atoms with Crippen molar-refractivity contribution >= 4 is 32.5 Å². The van der Waals surface area contributed by atoms with Crippen LogP contribution in [0.15, 0.2) is 65.7 Å². The van der Waals surface area contributed by atoms with Crippen molar-refractivity contribution in [1.29, 1.82) is 0 Å². The van der Waals surface area contributed by atoms with E-state index in [1.54, 1.807) is 29.2 Å². The molecule has 1 saturated heterocycles. The molecule has 4 rings (SSSR count). The molecule has 1 aromatic heterocycles. The number of likely N-dealkylation sites (tertiary alicyclic amines) is 1. The SMILES string of the molecule is CC1CCN(C(=O)C(CCn2cccc2N)NS(=O)(=O)c2cccc3ccccc23)CC1. The molecule has 170 valence electrons. The summed E-state index contributed by atoms with van der Waals surface area (Å²) < 4.78 is 31.4. The molecule has 8 heteroatoms. The van der Waals surface area contributed by atoms with Crippen LogP contribution in [0.1, 0.15) is 26.2 Å². The predicted molar refractivity (Wildman–Crippen MR) is 126 cm³/mol. The second-order valence-electron chi connectivity index (χ2n) is 8.57. The zero-order valence-corrected chi connectivity index (χ0v) is 19.1. The molecule has 1 fully saturated rings. The Kier molecular flexibility index (Phi) is 6.53. The summed E-state index contributed by atoms with van der Waals surface area (Å²) in [5.74, 6) is 0.982. The van der Waals surface area contributed by atoms with Crippen LogP contribution in [0.25, 0.3) is 10.8 Å². The zero-order valence-electron chi connectivity index (χ0n) is 18.3. The Labute approximate surface area is 189 Å². The third-order valence-electron chi connectivity index (χ3n) is 6.25. The maximum absolute atomic E-state index is 13.4. The van der Waals surface area contributed by atoms with Crippen LogP contribution >= 0.6 is 0 Å². The molecule has 3 N–H and O–H groups in total. The number of aryl methyl sites for hydroxylation is 1. The maximum Gasteiger partial charge on any atom is 0.241 e. The summed E-state index contributed by atoms with van der Waals surface area (Å²) in [6, 6.07) is 15.3. The van der Waals surface area contributed by atoms with Crippen LogP contribution in [-0.2, 0) is 21.4 Å². The van der Waals surface area contributed by atoms with E-state index in [1.165, 1.54) is 0 Å². The zero-order chi connectivity index (χ0) is 22.7. The van der Waals surface area contributed by atoms with Crippen molar-refractivity contribution in [1.82, 2.24) is 14.2 Å². The van der Waals surface area contributed by atoms with Gasteiger partial charge < -0.3 is 15.2 Å². The highest BCUT2D eigenvalue weighted by molar-refractivity contribution is 7.89. The number of nitrogens with one attached hydrogen (secondary N) is 1. The van der Waals surface area contributed by atoms with Crippen molar-refractivity contribution in [2.75, 3.05) is 18.8 Å². The second-order valence-corrected chi connectivity index (χ2v) is 10.3. The van der Waals surface area contributed by atoms with Crippen LogP contribution in [0.5, 0.6) is 0 Å². The van der Waals surface area contributed by atoms with E-state index in [0.717, 1.165) is 18.2 Å². The number of piperidine rings is 1. The fraction of sp³-hybridized carbons (Fsp3) is 0.375. The first kappa shape index (κ1) is 22.4. The van der Waals surface area contributed by atoms with Gasteiger partial charge in [0, 0.05) is 31.2 Å². The van der Waals surface area contributed by atoms with Gasteiger partial charge in [0.05, 0.1) is 4.90 Å². The van der Waals surface area contributed by atoms with E-state index in [1.807, 2.05) is 41.1 Å². The van der Waals surface area contributed by atoms with E-state index in [-0.39, 0.29) is 10.8 Å². The summed E-state index contributed by atoms with van der Waals surface area (Å²) in [7, 11) is -3.92. The van der Waals surface area contributed by atoms with Crippen LogP contribution < -0.4 is 10.5 Å². The molecule has 0 saturated carbocycles. The van der Waals surface area contributed by atoms with Gasteiger partial charge in [-0.25, -0.2) is 8.42 Å². The third-order valence-corrected chi connectivity index (χ3v) is 7.78. The van der Waals surface area contributed by atoms with Crippen molar-refractivity contribution in [3.8, 4) is 0 Å². The Bertz CT molecular complexity index is 1190. The minimum atomic E-state index is -3.92. The van der Waals surface area contributed by atoms with Gasteiger partial charge in [-0.2, -0.15) is 4.72 Å². The number of aromatic nitrogens is 1. The smallest absolute Gasteiger partial charge is 0.241 e. The number of nitrogens with zero attached hydrogens (tertiary/aromatic N) is 2. The minimum Gasteiger partial charge on any atom is -0.385 e. The summed E-state index contributed by atoms with van der Waals surface area (Å²) in [5.41, 5.74) is 5.97. The molecular weight excluding hydrogens is 424 g/mol. The number of fused-ring (bicyclic) bond motifs is 1. The normalized spacial score (nSPS) is 16.3. The first-order valence-corrected chi connectivity index (χ1v) is 12.5. The van der Waals surface area contributed by atoms with E-state index >= 15 is 0 Å². The number of amides is 1. The number of carbonyl (C=O) groups excluding carboxylic acids is 1. The van der Waals surface area contributed by atoms with Gasteiger partial charge in [0.25, 0.3) is 0 Å². The molecule has 32 heavy (non-hydrogen) atoms. The number of nitrogens with two attached hydrogens (primary N) is 1. The number of rotatable bonds is 7.